The molecule has 1 N–H and O–H groups in total. The van der Waals surface area contributed by atoms with Gasteiger partial charge in [-0.25, -0.2) is 0 Å². The lowest BCUT2D eigenvalue weighted by Gasteiger charge is -2.44. The average Bonchev–Trinajstić information content (AvgIpc) is 2.31. The largest absolute Gasteiger partial charge is 0.314 e. The predicted octanol–water partition coefficient (Wildman–Crippen LogP) is 3.28. The van der Waals surface area contributed by atoms with Crippen LogP contribution in [0.4, 0.5) is 0 Å². The van der Waals surface area contributed by atoms with Crippen molar-refractivity contribution in [3.63, 3.8) is 0 Å². The average molecular weight is 252 g/mol. The number of likely N-dealkylation sites (tertiary alicyclic amines) is 1. The van der Waals surface area contributed by atoms with E-state index in [0.717, 1.165) is 23.9 Å². The molecular formula is C16H32N2. The Bertz CT molecular complexity index is 237. The van der Waals surface area contributed by atoms with E-state index in [1.807, 2.05) is 0 Å². The first-order chi connectivity index (χ1) is 8.72. The van der Waals surface area contributed by atoms with E-state index < -0.39 is 0 Å². The van der Waals surface area contributed by atoms with Crippen LogP contribution in [-0.4, -0.2) is 36.6 Å². The summed E-state index contributed by atoms with van der Waals surface area (Å²) >= 11 is 0. The molecule has 2 heteroatoms. The summed E-state index contributed by atoms with van der Waals surface area (Å²) in [6.45, 7) is 11.0. The lowest BCUT2D eigenvalue weighted by Crippen LogP contribution is -2.53. The van der Waals surface area contributed by atoms with Gasteiger partial charge < -0.3 is 10.2 Å². The molecule has 3 unspecified atom stereocenters. The molecule has 0 aromatic rings. The molecule has 2 rings (SSSR count). The van der Waals surface area contributed by atoms with Gasteiger partial charge in [0.15, 0.2) is 0 Å². The Labute approximate surface area is 114 Å². The Hall–Kier alpha value is -0.0800. The lowest BCUT2D eigenvalue weighted by molar-refractivity contribution is 0.0747. The third-order valence-corrected chi connectivity index (χ3v) is 5.40. The second-order valence-electron chi connectivity index (χ2n) is 6.57. The van der Waals surface area contributed by atoms with E-state index in [1.54, 1.807) is 0 Å². The van der Waals surface area contributed by atoms with Gasteiger partial charge in [0, 0.05) is 12.1 Å². The van der Waals surface area contributed by atoms with Gasteiger partial charge >= 0.3 is 0 Å². The first kappa shape index (κ1) is 14.3. The molecule has 3 atom stereocenters. The van der Waals surface area contributed by atoms with Gasteiger partial charge in [-0.3, -0.25) is 0 Å². The Morgan fingerprint density at radius 2 is 1.94 bits per heavy atom. The zero-order chi connectivity index (χ0) is 13.0. The normalized spacial score (nSPS) is 34.5. The van der Waals surface area contributed by atoms with Gasteiger partial charge in [0.1, 0.15) is 0 Å². The summed E-state index contributed by atoms with van der Waals surface area (Å²) in [4.78, 5) is 2.74. The molecule has 0 aromatic heterocycles. The van der Waals surface area contributed by atoms with Crippen LogP contribution in [0, 0.1) is 11.8 Å². The van der Waals surface area contributed by atoms with Crippen LogP contribution in [0.3, 0.4) is 0 Å². The van der Waals surface area contributed by atoms with Crippen molar-refractivity contribution in [1.82, 2.24) is 10.2 Å². The van der Waals surface area contributed by atoms with Gasteiger partial charge in [0.2, 0.25) is 0 Å². The molecule has 1 heterocycles. The van der Waals surface area contributed by atoms with Gasteiger partial charge in [-0.1, -0.05) is 33.1 Å². The molecule has 106 valence electrons. The number of rotatable bonds is 6. The van der Waals surface area contributed by atoms with Crippen LogP contribution in [0.2, 0.25) is 0 Å². The summed E-state index contributed by atoms with van der Waals surface area (Å²) in [6.07, 6.45) is 8.53. The van der Waals surface area contributed by atoms with Crippen LogP contribution in [0.1, 0.15) is 59.3 Å². The van der Waals surface area contributed by atoms with Crippen LogP contribution in [0.5, 0.6) is 0 Å². The number of hydrogen-bond donors (Lipinski definition) is 1. The minimum atomic E-state index is 0.750. The molecule has 0 amide bonds. The highest BCUT2D eigenvalue weighted by molar-refractivity contribution is 4.89. The van der Waals surface area contributed by atoms with Crippen molar-refractivity contribution in [3.05, 3.63) is 0 Å². The van der Waals surface area contributed by atoms with Crippen LogP contribution in [-0.2, 0) is 0 Å². The summed E-state index contributed by atoms with van der Waals surface area (Å²) in [5, 5.41) is 3.73. The molecular weight excluding hydrogens is 220 g/mol. The SMILES string of the molecule is CCCNC1CCN(CCC2CCC2)C(C)C1C. The van der Waals surface area contributed by atoms with Gasteiger partial charge in [0.05, 0.1) is 0 Å². The maximum absolute atomic E-state index is 3.73. The fourth-order valence-electron chi connectivity index (χ4n) is 3.50. The first-order valence-corrected chi connectivity index (χ1v) is 8.19. The van der Waals surface area contributed by atoms with Crippen molar-refractivity contribution in [3.8, 4) is 0 Å². The van der Waals surface area contributed by atoms with E-state index in [1.165, 1.54) is 58.2 Å². The zero-order valence-corrected chi connectivity index (χ0v) is 12.6. The van der Waals surface area contributed by atoms with Crippen LogP contribution >= 0.6 is 0 Å². The second kappa shape index (κ2) is 6.91. The second-order valence-corrected chi connectivity index (χ2v) is 6.57. The topological polar surface area (TPSA) is 15.3 Å². The van der Waals surface area contributed by atoms with Crippen LogP contribution in [0.25, 0.3) is 0 Å². The number of piperidine rings is 1. The Morgan fingerprint density at radius 3 is 2.56 bits per heavy atom. The van der Waals surface area contributed by atoms with Gasteiger partial charge in [-0.2, -0.15) is 0 Å². The maximum Gasteiger partial charge on any atom is 0.0120 e. The van der Waals surface area contributed by atoms with E-state index in [-0.39, 0.29) is 0 Å². The Balaban J connectivity index is 1.73. The minimum absolute atomic E-state index is 0.750. The summed E-state index contributed by atoms with van der Waals surface area (Å²) < 4.78 is 0. The highest BCUT2D eigenvalue weighted by atomic mass is 15.2. The molecule has 0 bridgehead atoms. The Kier molecular flexibility index (Phi) is 5.50. The maximum atomic E-state index is 3.73. The first-order valence-electron chi connectivity index (χ1n) is 8.19. The molecule has 2 fully saturated rings. The van der Waals surface area contributed by atoms with Crippen molar-refractivity contribution >= 4 is 0 Å². The summed E-state index contributed by atoms with van der Waals surface area (Å²) in [5.74, 6) is 1.86. The molecule has 1 aliphatic carbocycles. The number of nitrogens with one attached hydrogen (secondary N) is 1. The van der Waals surface area contributed by atoms with E-state index in [2.05, 4.69) is 31.0 Å². The highest BCUT2D eigenvalue weighted by Crippen LogP contribution is 2.31. The quantitative estimate of drug-likeness (QED) is 0.780. The van der Waals surface area contributed by atoms with Crippen LogP contribution < -0.4 is 5.32 Å². The lowest BCUT2D eigenvalue weighted by atomic mass is 9.82. The standard InChI is InChI=1S/C16H32N2/c1-4-10-17-16-9-12-18(14(3)13(16)2)11-8-15-6-5-7-15/h13-17H,4-12H2,1-3H3. The molecule has 0 radical (unpaired) electrons. The van der Waals surface area contributed by atoms with Crippen molar-refractivity contribution < 1.29 is 0 Å². The number of hydrogen-bond acceptors (Lipinski definition) is 2. The van der Waals surface area contributed by atoms with Gasteiger partial charge in [0.25, 0.3) is 0 Å². The third kappa shape index (κ3) is 3.48. The summed E-state index contributed by atoms with van der Waals surface area (Å²) in [5.41, 5.74) is 0. The van der Waals surface area contributed by atoms with Crippen molar-refractivity contribution in [2.75, 3.05) is 19.6 Å². The van der Waals surface area contributed by atoms with Crippen LogP contribution in [0.15, 0.2) is 0 Å². The fourth-order valence-corrected chi connectivity index (χ4v) is 3.50. The molecule has 2 nitrogen and oxygen atoms in total. The highest BCUT2D eigenvalue weighted by Gasteiger charge is 2.32. The minimum Gasteiger partial charge on any atom is -0.314 e. The van der Waals surface area contributed by atoms with E-state index in [9.17, 15) is 0 Å². The molecule has 18 heavy (non-hydrogen) atoms. The predicted molar refractivity (Wildman–Crippen MR) is 78.9 cm³/mol. The fraction of sp³-hybridized carbons (Fsp3) is 1.00. The van der Waals surface area contributed by atoms with Crippen molar-refractivity contribution in [2.45, 2.75) is 71.4 Å². The molecule has 0 aromatic carbocycles. The smallest absolute Gasteiger partial charge is 0.0120 e. The number of nitrogens with zero attached hydrogens (tertiary/aromatic N) is 1. The molecule has 1 saturated carbocycles. The van der Waals surface area contributed by atoms with E-state index >= 15 is 0 Å². The zero-order valence-electron chi connectivity index (χ0n) is 12.6. The van der Waals surface area contributed by atoms with Gasteiger partial charge in [-0.15, -0.1) is 0 Å². The summed E-state index contributed by atoms with van der Waals surface area (Å²) in [7, 11) is 0. The molecule has 2 aliphatic rings. The van der Waals surface area contributed by atoms with E-state index in [0.29, 0.717) is 0 Å². The molecule has 0 spiro atoms. The Morgan fingerprint density at radius 1 is 1.17 bits per heavy atom. The third-order valence-electron chi connectivity index (χ3n) is 5.40. The monoisotopic (exact) mass is 252 g/mol. The van der Waals surface area contributed by atoms with Crippen molar-refractivity contribution in [2.24, 2.45) is 11.8 Å². The van der Waals surface area contributed by atoms with Crippen molar-refractivity contribution in [1.29, 1.82) is 0 Å². The molecule has 1 saturated heterocycles. The van der Waals surface area contributed by atoms with Gasteiger partial charge in [-0.05, 0) is 57.7 Å². The van der Waals surface area contributed by atoms with E-state index in [4.69, 9.17) is 0 Å². The summed E-state index contributed by atoms with van der Waals surface area (Å²) in [6, 6.07) is 1.51. The molecule has 1 aliphatic heterocycles.